The number of pyridine rings is 1. The average molecular weight is 259 g/mol. The van der Waals surface area contributed by atoms with Crippen LogP contribution in [-0.2, 0) is 0 Å². The minimum absolute atomic E-state index is 0.0189. The Labute approximate surface area is 103 Å². The fourth-order valence-corrected chi connectivity index (χ4v) is 1.87. The van der Waals surface area contributed by atoms with Crippen LogP contribution >= 0.6 is 11.6 Å². The first-order valence-corrected chi connectivity index (χ1v) is 5.70. The van der Waals surface area contributed by atoms with Crippen LogP contribution in [0.2, 0.25) is 5.15 Å². The van der Waals surface area contributed by atoms with Crippen LogP contribution in [-0.4, -0.2) is 28.1 Å². The van der Waals surface area contributed by atoms with Crippen LogP contribution in [0.3, 0.4) is 0 Å². The van der Waals surface area contributed by atoms with Gasteiger partial charge in [0.15, 0.2) is 0 Å². The minimum Gasteiger partial charge on any atom is -0.388 e. The van der Waals surface area contributed by atoms with E-state index in [1.807, 2.05) is 0 Å². The van der Waals surface area contributed by atoms with Crippen LogP contribution in [0.5, 0.6) is 0 Å². The Bertz CT molecular complexity index is 449. The molecule has 1 aromatic rings. The molecule has 1 saturated carbocycles. The molecule has 0 aliphatic heterocycles. The van der Waals surface area contributed by atoms with Gasteiger partial charge in [-0.2, -0.15) is 0 Å². The number of amides is 1. The number of carbonyl (C=O) groups excluding carboxylic acids is 1. The topological polar surface area (TPSA) is 62.2 Å². The molecule has 0 bridgehead atoms. The van der Waals surface area contributed by atoms with Crippen molar-refractivity contribution < 1.29 is 14.3 Å². The first-order valence-electron chi connectivity index (χ1n) is 5.32. The Morgan fingerprint density at radius 3 is 2.94 bits per heavy atom. The summed E-state index contributed by atoms with van der Waals surface area (Å²) in [5, 5.41) is 12.3. The van der Waals surface area contributed by atoms with Gasteiger partial charge in [-0.05, 0) is 25.3 Å². The van der Waals surface area contributed by atoms with E-state index in [2.05, 4.69) is 10.3 Å². The van der Waals surface area contributed by atoms with Crippen molar-refractivity contribution in [3.8, 4) is 0 Å². The summed E-state index contributed by atoms with van der Waals surface area (Å²) in [6.45, 7) is 0.151. The maximum atomic E-state index is 12.9. The number of hydrogen-bond donors (Lipinski definition) is 2. The van der Waals surface area contributed by atoms with Gasteiger partial charge in [-0.25, -0.2) is 9.37 Å². The fraction of sp³-hybridized carbons (Fsp3) is 0.455. The predicted octanol–water partition coefficient (Wildman–Crippen LogP) is 1.52. The second-order valence-corrected chi connectivity index (χ2v) is 4.61. The zero-order valence-corrected chi connectivity index (χ0v) is 9.80. The molecule has 1 aliphatic rings. The van der Waals surface area contributed by atoms with E-state index in [0.29, 0.717) is 12.8 Å². The predicted molar refractivity (Wildman–Crippen MR) is 60.3 cm³/mol. The van der Waals surface area contributed by atoms with Crippen LogP contribution in [0, 0.1) is 5.82 Å². The fourth-order valence-electron chi connectivity index (χ4n) is 1.68. The number of halogens is 2. The highest BCUT2D eigenvalue weighted by molar-refractivity contribution is 6.32. The molecule has 0 atom stereocenters. The molecule has 2 N–H and O–H groups in total. The summed E-state index contributed by atoms with van der Waals surface area (Å²) in [6, 6.07) is 1.02. The van der Waals surface area contributed by atoms with Crippen LogP contribution in [0.4, 0.5) is 4.39 Å². The highest BCUT2D eigenvalue weighted by Crippen LogP contribution is 2.30. The molecule has 1 aromatic heterocycles. The number of aliphatic hydroxyl groups is 1. The van der Waals surface area contributed by atoms with Gasteiger partial charge in [-0.1, -0.05) is 11.6 Å². The number of carbonyl (C=O) groups is 1. The van der Waals surface area contributed by atoms with E-state index >= 15 is 0 Å². The third kappa shape index (κ3) is 2.73. The van der Waals surface area contributed by atoms with E-state index in [1.165, 1.54) is 0 Å². The van der Waals surface area contributed by atoms with Gasteiger partial charge in [0.2, 0.25) is 0 Å². The van der Waals surface area contributed by atoms with E-state index in [4.69, 9.17) is 11.6 Å². The lowest BCUT2D eigenvalue weighted by Crippen LogP contribution is -2.47. The van der Waals surface area contributed by atoms with Crippen molar-refractivity contribution in [2.45, 2.75) is 24.9 Å². The summed E-state index contributed by atoms with van der Waals surface area (Å²) >= 11 is 5.69. The second-order valence-electron chi connectivity index (χ2n) is 4.25. The molecule has 0 aromatic carbocycles. The zero-order valence-electron chi connectivity index (χ0n) is 9.04. The van der Waals surface area contributed by atoms with E-state index < -0.39 is 17.3 Å². The summed E-state index contributed by atoms with van der Waals surface area (Å²) in [5.41, 5.74) is -0.835. The smallest absolute Gasteiger partial charge is 0.254 e. The van der Waals surface area contributed by atoms with Crippen LogP contribution < -0.4 is 5.32 Å². The molecule has 4 nitrogen and oxygen atoms in total. The number of nitrogens with zero attached hydrogens (tertiary/aromatic N) is 1. The molecular weight excluding hydrogens is 247 g/mol. The van der Waals surface area contributed by atoms with E-state index in [0.717, 1.165) is 18.7 Å². The largest absolute Gasteiger partial charge is 0.388 e. The number of aromatic nitrogens is 1. The zero-order chi connectivity index (χ0) is 12.5. The Balaban J connectivity index is 2.01. The number of nitrogens with one attached hydrogen (secondary N) is 1. The highest BCUT2D eigenvalue weighted by Gasteiger charge is 2.34. The van der Waals surface area contributed by atoms with Gasteiger partial charge in [-0.15, -0.1) is 0 Å². The molecule has 2 rings (SSSR count). The Morgan fingerprint density at radius 1 is 1.65 bits per heavy atom. The quantitative estimate of drug-likeness (QED) is 0.808. The molecule has 1 fully saturated rings. The first-order chi connectivity index (χ1) is 8.00. The van der Waals surface area contributed by atoms with Crippen LogP contribution in [0.15, 0.2) is 12.3 Å². The van der Waals surface area contributed by atoms with Crippen molar-refractivity contribution >= 4 is 17.5 Å². The minimum atomic E-state index is -0.817. The lowest BCUT2D eigenvalue weighted by molar-refractivity contribution is -0.0300. The van der Waals surface area contributed by atoms with Crippen molar-refractivity contribution in [2.75, 3.05) is 6.54 Å². The monoisotopic (exact) mass is 258 g/mol. The van der Waals surface area contributed by atoms with Gasteiger partial charge in [0.05, 0.1) is 17.4 Å². The van der Waals surface area contributed by atoms with Gasteiger partial charge in [0, 0.05) is 6.54 Å². The lowest BCUT2D eigenvalue weighted by atomic mass is 9.80. The molecule has 1 aliphatic carbocycles. The molecule has 0 unspecified atom stereocenters. The summed E-state index contributed by atoms with van der Waals surface area (Å²) in [5.74, 6) is -1.15. The highest BCUT2D eigenvalue weighted by atomic mass is 35.5. The van der Waals surface area contributed by atoms with Gasteiger partial charge >= 0.3 is 0 Å². The normalized spacial score (nSPS) is 17.4. The van der Waals surface area contributed by atoms with E-state index in [9.17, 15) is 14.3 Å². The van der Waals surface area contributed by atoms with Crippen LogP contribution in [0.25, 0.3) is 0 Å². The van der Waals surface area contributed by atoms with Crippen molar-refractivity contribution in [3.05, 3.63) is 28.8 Å². The summed E-state index contributed by atoms with van der Waals surface area (Å²) in [6.07, 6.45) is 3.23. The lowest BCUT2D eigenvalue weighted by Gasteiger charge is -2.36. The van der Waals surface area contributed by atoms with Gasteiger partial charge in [0.25, 0.3) is 5.91 Å². The molecule has 92 valence electrons. The molecular formula is C11H12ClFN2O2. The second kappa shape index (κ2) is 4.58. The molecule has 1 heterocycles. The molecule has 17 heavy (non-hydrogen) atoms. The standard InChI is InChI=1S/C11H12ClFN2O2/c12-9-8(4-7(13)5-14-9)10(16)15-6-11(17)2-1-3-11/h4-5,17H,1-3,6H2,(H,15,16). The van der Waals surface area contributed by atoms with E-state index in [-0.39, 0.29) is 17.3 Å². The summed E-state index contributed by atoms with van der Waals surface area (Å²) in [7, 11) is 0. The summed E-state index contributed by atoms with van der Waals surface area (Å²) < 4.78 is 12.9. The molecule has 6 heteroatoms. The van der Waals surface area contributed by atoms with Crippen molar-refractivity contribution in [1.82, 2.24) is 10.3 Å². The van der Waals surface area contributed by atoms with Crippen molar-refractivity contribution in [2.24, 2.45) is 0 Å². The molecule has 0 radical (unpaired) electrons. The maximum absolute atomic E-state index is 12.9. The van der Waals surface area contributed by atoms with Crippen molar-refractivity contribution in [1.29, 1.82) is 0 Å². The third-order valence-corrected chi connectivity index (χ3v) is 3.21. The Morgan fingerprint density at radius 2 is 2.35 bits per heavy atom. The van der Waals surface area contributed by atoms with Gasteiger partial charge in [0.1, 0.15) is 11.0 Å². The Kier molecular flexibility index (Phi) is 3.31. The number of rotatable bonds is 3. The number of hydrogen-bond acceptors (Lipinski definition) is 3. The third-order valence-electron chi connectivity index (χ3n) is 2.91. The average Bonchev–Trinajstić information content (AvgIpc) is 2.26. The van der Waals surface area contributed by atoms with Gasteiger partial charge < -0.3 is 10.4 Å². The van der Waals surface area contributed by atoms with Crippen LogP contribution in [0.1, 0.15) is 29.6 Å². The first kappa shape index (κ1) is 12.3. The maximum Gasteiger partial charge on any atom is 0.254 e. The van der Waals surface area contributed by atoms with Crippen molar-refractivity contribution in [3.63, 3.8) is 0 Å². The SMILES string of the molecule is O=C(NCC1(O)CCC1)c1cc(F)cnc1Cl. The van der Waals surface area contributed by atoms with Gasteiger partial charge in [-0.3, -0.25) is 4.79 Å². The Hall–Kier alpha value is -1.20. The molecule has 1 amide bonds. The summed E-state index contributed by atoms with van der Waals surface area (Å²) in [4.78, 5) is 15.2. The molecule has 0 spiro atoms. The molecule has 0 saturated heterocycles. The van der Waals surface area contributed by atoms with E-state index in [1.54, 1.807) is 0 Å².